The number of aromatic amines is 1. The molecule has 2 N–H and O–H groups in total. The van der Waals surface area contributed by atoms with Gasteiger partial charge in [0.15, 0.2) is 4.77 Å². The number of H-pyrrole nitrogens is 1. The maximum absolute atomic E-state index is 14.4. The number of imidazole rings is 1. The number of aromatic nitrogens is 3. The van der Waals surface area contributed by atoms with Gasteiger partial charge < -0.3 is 14.9 Å². The van der Waals surface area contributed by atoms with Crippen LogP contribution in [0.3, 0.4) is 0 Å². The van der Waals surface area contributed by atoms with Crippen LogP contribution in [0.5, 0.6) is 0 Å². The number of pyridine rings is 1. The van der Waals surface area contributed by atoms with E-state index in [2.05, 4.69) is 15.3 Å². The predicted octanol–water partition coefficient (Wildman–Crippen LogP) is 4.07. The zero-order valence-electron chi connectivity index (χ0n) is 15.2. The van der Waals surface area contributed by atoms with E-state index in [0.29, 0.717) is 30.0 Å². The molecule has 1 aliphatic heterocycles. The third-order valence-electron chi connectivity index (χ3n) is 5.06. The van der Waals surface area contributed by atoms with Gasteiger partial charge in [-0.25, -0.2) is 8.78 Å². The molecule has 3 heterocycles. The lowest BCUT2D eigenvalue weighted by Crippen LogP contribution is -2.25. The lowest BCUT2D eigenvalue weighted by Gasteiger charge is -2.13. The summed E-state index contributed by atoms with van der Waals surface area (Å²) in [7, 11) is 0. The number of fused-ring (bicyclic) bond motifs is 1. The number of hydrogen-bond donors (Lipinski definition) is 2. The van der Waals surface area contributed by atoms with Gasteiger partial charge in [-0.1, -0.05) is 17.7 Å². The summed E-state index contributed by atoms with van der Waals surface area (Å²) >= 11 is 11.2. The third kappa shape index (κ3) is 3.95. The molecule has 0 spiro atoms. The first kappa shape index (κ1) is 19.7. The van der Waals surface area contributed by atoms with Crippen molar-refractivity contribution in [2.24, 2.45) is 0 Å². The number of carbonyl (C=O) groups excluding carboxylic acids is 1. The molecule has 150 valence electrons. The minimum atomic E-state index is -0.743. The molecule has 5 nitrogen and oxygen atoms in total. The second kappa shape index (κ2) is 8.04. The van der Waals surface area contributed by atoms with Crippen LogP contribution in [0, 0.1) is 16.4 Å². The number of rotatable bonds is 5. The molecule has 9 heteroatoms. The zero-order valence-corrected chi connectivity index (χ0v) is 16.8. The maximum Gasteiger partial charge on any atom is 0.226 e. The first-order valence-corrected chi connectivity index (χ1v) is 9.82. The van der Waals surface area contributed by atoms with Gasteiger partial charge in [0.25, 0.3) is 0 Å². The van der Waals surface area contributed by atoms with E-state index in [1.54, 1.807) is 23.0 Å². The molecule has 0 unspecified atom stereocenters. The fourth-order valence-electron chi connectivity index (χ4n) is 3.68. The Balaban J connectivity index is 1.50. The van der Waals surface area contributed by atoms with Crippen LogP contribution in [0.4, 0.5) is 8.78 Å². The van der Waals surface area contributed by atoms with E-state index in [9.17, 15) is 13.6 Å². The highest BCUT2D eigenvalue weighted by Crippen LogP contribution is 2.36. The Morgan fingerprint density at radius 2 is 2.21 bits per heavy atom. The topological polar surface area (TPSA) is 62.7 Å². The number of halogens is 3. The van der Waals surface area contributed by atoms with E-state index >= 15 is 0 Å². The molecule has 1 atom stereocenters. The summed E-state index contributed by atoms with van der Waals surface area (Å²) < 4.78 is 30.9. The van der Waals surface area contributed by atoms with Gasteiger partial charge in [-0.15, -0.1) is 0 Å². The summed E-state index contributed by atoms with van der Waals surface area (Å²) in [5.41, 5.74) is 2.30. The molecule has 3 aromatic rings. The SMILES string of the molecule is O=C(Cc1[nH]c(=S)n2c1C[C@@H](c1c(F)ccc(Cl)c1F)C2)NCc1cccnc1. The van der Waals surface area contributed by atoms with Crippen LogP contribution in [-0.4, -0.2) is 20.4 Å². The Labute approximate surface area is 175 Å². The lowest BCUT2D eigenvalue weighted by atomic mass is 9.95. The van der Waals surface area contributed by atoms with Gasteiger partial charge in [-0.3, -0.25) is 9.78 Å². The number of benzene rings is 1. The van der Waals surface area contributed by atoms with Crippen LogP contribution in [0.15, 0.2) is 36.7 Å². The quantitative estimate of drug-likeness (QED) is 0.470. The average Bonchev–Trinajstić information content (AvgIpc) is 3.25. The molecule has 0 radical (unpaired) electrons. The number of hydrogen-bond acceptors (Lipinski definition) is 3. The molecule has 0 saturated carbocycles. The van der Waals surface area contributed by atoms with Gasteiger partial charge in [-0.05, 0) is 42.4 Å². The van der Waals surface area contributed by atoms with Crippen molar-refractivity contribution in [2.75, 3.05) is 0 Å². The molecule has 0 fully saturated rings. The highest BCUT2D eigenvalue weighted by Gasteiger charge is 2.31. The van der Waals surface area contributed by atoms with Crippen molar-refractivity contribution >= 4 is 29.7 Å². The molecular formula is C20H17ClF2N4OS. The summed E-state index contributed by atoms with van der Waals surface area (Å²) in [5, 5.41) is 2.72. The summed E-state index contributed by atoms with van der Waals surface area (Å²) in [4.78, 5) is 19.4. The minimum Gasteiger partial charge on any atom is -0.352 e. The predicted molar refractivity (Wildman–Crippen MR) is 107 cm³/mol. The Bertz CT molecular complexity index is 1130. The van der Waals surface area contributed by atoms with Crippen molar-refractivity contribution in [2.45, 2.75) is 31.8 Å². The molecule has 1 amide bonds. The summed E-state index contributed by atoms with van der Waals surface area (Å²) in [6.07, 6.45) is 3.81. The van der Waals surface area contributed by atoms with Crippen LogP contribution < -0.4 is 5.32 Å². The molecule has 1 aromatic carbocycles. The molecule has 0 saturated heterocycles. The molecule has 1 aliphatic rings. The number of nitrogens with zero attached hydrogens (tertiary/aromatic N) is 2. The minimum absolute atomic E-state index is 0.0393. The number of carbonyl (C=O) groups is 1. The number of nitrogens with one attached hydrogen (secondary N) is 2. The first-order valence-electron chi connectivity index (χ1n) is 9.03. The van der Waals surface area contributed by atoms with Crippen LogP contribution in [0.1, 0.15) is 28.4 Å². The van der Waals surface area contributed by atoms with E-state index in [-0.39, 0.29) is 22.9 Å². The normalized spacial score (nSPS) is 15.3. The summed E-state index contributed by atoms with van der Waals surface area (Å²) in [5.74, 6) is -1.99. The van der Waals surface area contributed by atoms with E-state index in [0.717, 1.165) is 11.3 Å². The Kier molecular flexibility index (Phi) is 5.47. The molecular weight excluding hydrogens is 418 g/mol. The Morgan fingerprint density at radius 3 is 2.97 bits per heavy atom. The van der Waals surface area contributed by atoms with Crippen molar-refractivity contribution in [1.29, 1.82) is 0 Å². The van der Waals surface area contributed by atoms with Gasteiger partial charge >= 0.3 is 0 Å². The lowest BCUT2D eigenvalue weighted by molar-refractivity contribution is -0.120. The summed E-state index contributed by atoms with van der Waals surface area (Å²) in [6.45, 7) is 0.696. The van der Waals surface area contributed by atoms with Crippen LogP contribution >= 0.6 is 23.8 Å². The fourth-order valence-corrected chi connectivity index (χ4v) is 4.15. The molecule has 2 aromatic heterocycles. The highest BCUT2D eigenvalue weighted by atomic mass is 35.5. The molecule has 29 heavy (non-hydrogen) atoms. The zero-order chi connectivity index (χ0) is 20.5. The molecule has 0 bridgehead atoms. The van der Waals surface area contributed by atoms with Crippen LogP contribution in [-0.2, 0) is 30.7 Å². The first-order chi connectivity index (χ1) is 13.9. The van der Waals surface area contributed by atoms with Crippen molar-refractivity contribution in [3.63, 3.8) is 0 Å². The van der Waals surface area contributed by atoms with E-state index in [1.165, 1.54) is 12.1 Å². The summed E-state index contributed by atoms with van der Waals surface area (Å²) in [6, 6.07) is 6.04. The monoisotopic (exact) mass is 434 g/mol. The fraction of sp³-hybridized carbons (Fsp3) is 0.250. The maximum atomic E-state index is 14.4. The second-order valence-corrected chi connectivity index (χ2v) is 7.73. The third-order valence-corrected chi connectivity index (χ3v) is 5.67. The second-order valence-electron chi connectivity index (χ2n) is 6.94. The van der Waals surface area contributed by atoms with Crippen molar-refractivity contribution in [3.05, 3.63) is 80.6 Å². The smallest absolute Gasteiger partial charge is 0.226 e. The molecule has 0 aliphatic carbocycles. The Morgan fingerprint density at radius 1 is 1.38 bits per heavy atom. The van der Waals surface area contributed by atoms with Crippen LogP contribution in [0.25, 0.3) is 0 Å². The van der Waals surface area contributed by atoms with Crippen molar-refractivity contribution in [3.8, 4) is 0 Å². The highest BCUT2D eigenvalue weighted by molar-refractivity contribution is 7.71. The standard InChI is InChI=1S/C20H17ClF2N4OS/c21-13-3-4-14(22)18(19(13)23)12-6-16-15(26-20(29)27(16)10-12)7-17(28)25-9-11-2-1-5-24-8-11/h1-5,8,12H,6-7,9-10H2,(H,25,28)(H,26,29)/t12-/m1/s1. The molecule has 4 rings (SSSR count). The van der Waals surface area contributed by atoms with Gasteiger partial charge in [0.05, 0.1) is 11.4 Å². The van der Waals surface area contributed by atoms with E-state index in [4.69, 9.17) is 23.8 Å². The number of amides is 1. The van der Waals surface area contributed by atoms with Gasteiger partial charge in [-0.2, -0.15) is 0 Å². The van der Waals surface area contributed by atoms with Crippen molar-refractivity contribution < 1.29 is 13.6 Å². The van der Waals surface area contributed by atoms with Crippen molar-refractivity contribution in [1.82, 2.24) is 19.9 Å². The van der Waals surface area contributed by atoms with E-state index in [1.807, 2.05) is 6.07 Å². The van der Waals surface area contributed by atoms with Crippen LogP contribution in [0.2, 0.25) is 5.02 Å². The van der Waals surface area contributed by atoms with E-state index < -0.39 is 17.6 Å². The van der Waals surface area contributed by atoms with Gasteiger partial charge in [0, 0.05) is 48.4 Å². The van der Waals surface area contributed by atoms with Gasteiger partial charge in [0.2, 0.25) is 5.91 Å². The largest absolute Gasteiger partial charge is 0.352 e. The average molecular weight is 435 g/mol. The Hall–Kier alpha value is -2.58. The van der Waals surface area contributed by atoms with Gasteiger partial charge in [0.1, 0.15) is 11.6 Å².